The maximum absolute atomic E-state index is 14.3. The number of halogens is 4. The van der Waals surface area contributed by atoms with Crippen LogP contribution < -0.4 is 14.9 Å². The number of piperazine rings is 1. The number of hydrogen-bond acceptors (Lipinski definition) is 11. The molecule has 0 aromatic heterocycles. The summed E-state index contributed by atoms with van der Waals surface area (Å²) in [6.45, 7) is 12.0. The predicted octanol–water partition coefficient (Wildman–Crippen LogP) is 9.19. The molecule has 4 aromatic carbocycles. The maximum atomic E-state index is 14.3. The number of thioether (sulfide) groups is 1. The highest BCUT2D eigenvalue weighted by Crippen LogP contribution is 2.43. The molecule has 0 bridgehead atoms. The molecule has 1 atom stereocenters. The number of benzene rings is 4. The fourth-order valence-corrected chi connectivity index (χ4v) is 12.9. The number of sulfonamides is 1. The van der Waals surface area contributed by atoms with Gasteiger partial charge in [0.2, 0.25) is 9.84 Å². The van der Waals surface area contributed by atoms with Crippen molar-refractivity contribution in [3.63, 3.8) is 0 Å². The van der Waals surface area contributed by atoms with Gasteiger partial charge in [-0.1, -0.05) is 73.0 Å². The van der Waals surface area contributed by atoms with Gasteiger partial charge in [0.15, 0.2) is 0 Å². The normalized spacial score (nSPS) is 18.2. The molecular formula is C47H55Cl2F2N5O6S3. The number of sulfone groups is 1. The van der Waals surface area contributed by atoms with E-state index in [1.54, 1.807) is 23.9 Å². The van der Waals surface area contributed by atoms with Crippen LogP contribution in [-0.4, -0.2) is 116 Å². The molecule has 3 aliphatic rings. The van der Waals surface area contributed by atoms with Crippen molar-refractivity contribution in [2.24, 2.45) is 5.41 Å². The van der Waals surface area contributed by atoms with E-state index >= 15 is 0 Å². The zero-order chi connectivity index (χ0) is 46.4. The van der Waals surface area contributed by atoms with Gasteiger partial charge in [-0.05, 0) is 103 Å². The number of ether oxygens (including phenoxy) is 1. The Morgan fingerprint density at radius 3 is 2.18 bits per heavy atom. The Morgan fingerprint density at radius 2 is 1.52 bits per heavy atom. The minimum atomic E-state index is -5.60. The lowest BCUT2D eigenvalue weighted by Gasteiger charge is -2.39. The van der Waals surface area contributed by atoms with Crippen LogP contribution in [-0.2, 0) is 24.6 Å². The Morgan fingerprint density at radius 1 is 0.846 bits per heavy atom. The SMILES string of the molecule is CC1(C)CCC(c2ccc(Cl)cc2)=C(CN2CCN(c3ccc(C(=O)NS(=O)(=O)c4ccc(N[C@H](CCN5CCOCC5)CSc5ccccc5)c(Cl)c4S(=O)(=O)C(F)F)cc3)CC2)C1. The summed E-state index contributed by atoms with van der Waals surface area (Å²) < 4.78 is 89.9. The molecule has 350 valence electrons. The van der Waals surface area contributed by atoms with Crippen molar-refractivity contribution in [3.8, 4) is 0 Å². The molecule has 1 aliphatic carbocycles. The molecular weight excluding hydrogens is 936 g/mol. The van der Waals surface area contributed by atoms with E-state index in [1.807, 2.05) is 47.2 Å². The first-order chi connectivity index (χ1) is 31.0. The van der Waals surface area contributed by atoms with Crippen LogP contribution in [0.15, 0.2) is 111 Å². The predicted molar refractivity (Wildman–Crippen MR) is 257 cm³/mol. The molecule has 7 rings (SSSR count). The number of anilines is 2. The Balaban J connectivity index is 1.03. The lowest BCUT2D eigenvalue weighted by Crippen LogP contribution is -2.47. The second-order valence-corrected chi connectivity index (χ2v) is 22.9. The molecule has 2 N–H and O–H groups in total. The minimum absolute atomic E-state index is 0.0285. The highest BCUT2D eigenvalue weighted by atomic mass is 35.5. The van der Waals surface area contributed by atoms with E-state index in [-0.39, 0.29) is 22.7 Å². The van der Waals surface area contributed by atoms with Crippen LogP contribution in [0.1, 0.15) is 55.5 Å². The fraction of sp³-hybridized carbons (Fsp3) is 0.426. The van der Waals surface area contributed by atoms with Gasteiger partial charge in [0.25, 0.3) is 15.9 Å². The van der Waals surface area contributed by atoms with Crippen molar-refractivity contribution in [2.75, 3.05) is 81.5 Å². The molecule has 2 fully saturated rings. The van der Waals surface area contributed by atoms with Gasteiger partial charge in [-0.3, -0.25) is 14.6 Å². The first kappa shape index (κ1) is 49.2. The molecule has 65 heavy (non-hydrogen) atoms. The number of amides is 1. The summed E-state index contributed by atoms with van der Waals surface area (Å²) in [6.07, 6.45) is 3.73. The van der Waals surface area contributed by atoms with Crippen molar-refractivity contribution in [1.82, 2.24) is 14.5 Å². The summed E-state index contributed by atoms with van der Waals surface area (Å²) in [5.41, 5.74) is 5.07. The Bertz CT molecular complexity index is 2540. The number of rotatable bonds is 17. The molecule has 0 saturated carbocycles. The zero-order valence-electron chi connectivity index (χ0n) is 36.4. The number of carbonyl (C=O) groups excluding carboxylic acids is 1. The molecule has 1 amide bonds. The standard InChI is InChI=1S/C47H55Cl2F2N5O6S3/c1-47(2)20-18-40(33-8-12-36(48)13-9-33)35(30-47)31-55-22-24-56(25-23-55)38-14-10-34(11-15-38)45(57)53-65(60,61)42-17-16-41(43(49)44(42)64(58,59)46(50)51)52-37(19-21-54-26-28-62-29-27-54)32-63-39-6-4-3-5-7-39/h3-17,37,46,52H,18-32H2,1-2H3,(H,53,57)/t37-/m1/s1. The van der Waals surface area contributed by atoms with Crippen LogP contribution in [0.4, 0.5) is 20.2 Å². The van der Waals surface area contributed by atoms with E-state index in [1.165, 1.54) is 34.9 Å². The highest BCUT2D eigenvalue weighted by molar-refractivity contribution is 7.99. The second kappa shape index (κ2) is 21.5. The average molecular weight is 991 g/mol. The lowest BCUT2D eigenvalue weighted by atomic mass is 9.73. The van der Waals surface area contributed by atoms with Crippen molar-refractivity contribution in [3.05, 3.63) is 118 Å². The first-order valence-electron chi connectivity index (χ1n) is 21.7. The van der Waals surface area contributed by atoms with E-state index in [9.17, 15) is 30.4 Å². The minimum Gasteiger partial charge on any atom is -0.380 e. The third-order valence-electron chi connectivity index (χ3n) is 12.2. The molecule has 4 aromatic rings. The summed E-state index contributed by atoms with van der Waals surface area (Å²) in [5.74, 6) is -4.57. The topological polar surface area (TPSA) is 128 Å². The summed E-state index contributed by atoms with van der Waals surface area (Å²) in [6, 6.07) is 25.9. The monoisotopic (exact) mass is 989 g/mol. The van der Waals surface area contributed by atoms with Gasteiger partial charge in [0.1, 0.15) is 9.79 Å². The first-order valence-corrected chi connectivity index (χ1v) is 26.5. The van der Waals surface area contributed by atoms with Gasteiger partial charge in [0, 0.05) is 85.3 Å². The largest absolute Gasteiger partial charge is 0.380 e. The van der Waals surface area contributed by atoms with E-state index in [0.29, 0.717) is 31.9 Å². The smallest absolute Gasteiger partial charge is 0.341 e. The van der Waals surface area contributed by atoms with Gasteiger partial charge in [-0.2, -0.15) is 8.78 Å². The Kier molecular flexibility index (Phi) is 16.2. The quantitative estimate of drug-likeness (QED) is 0.0984. The molecule has 0 radical (unpaired) electrons. The molecule has 2 aliphatic heterocycles. The summed E-state index contributed by atoms with van der Waals surface area (Å²) in [5, 5.41) is 3.21. The maximum Gasteiger partial charge on any atom is 0.341 e. The van der Waals surface area contributed by atoms with E-state index in [2.05, 4.69) is 46.0 Å². The van der Waals surface area contributed by atoms with Crippen LogP contribution in [0.25, 0.3) is 5.57 Å². The molecule has 2 saturated heterocycles. The second-order valence-electron chi connectivity index (χ2n) is 17.4. The van der Waals surface area contributed by atoms with E-state index < -0.39 is 46.3 Å². The van der Waals surface area contributed by atoms with Crippen molar-refractivity contribution in [1.29, 1.82) is 0 Å². The molecule has 0 unspecified atom stereocenters. The van der Waals surface area contributed by atoms with Gasteiger partial charge in [-0.25, -0.2) is 21.6 Å². The molecule has 2 heterocycles. The number of morpholine rings is 1. The molecule has 0 spiro atoms. The van der Waals surface area contributed by atoms with Gasteiger partial charge in [-0.15, -0.1) is 11.8 Å². The van der Waals surface area contributed by atoms with Crippen LogP contribution >= 0.6 is 35.0 Å². The molecule has 11 nitrogen and oxygen atoms in total. The summed E-state index contributed by atoms with van der Waals surface area (Å²) in [4.78, 5) is 19.0. The Hall–Kier alpha value is -3.74. The summed E-state index contributed by atoms with van der Waals surface area (Å²) in [7, 11) is -10.6. The average Bonchev–Trinajstić information content (AvgIpc) is 3.28. The van der Waals surface area contributed by atoms with Crippen LogP contribution in [0.3, 0.4) is 0 Å². The Labute approximate surface area is 395 Å². The number of nitrogens with zero attached hydrogens (tertiary/aromatic N) is 3. The van der Waals surface area contributed by atoms with Crippen molar-refractivity contribution >= 4 is 77.7 Å². The number of nitrogens with one attached hydrogen (secondary N) is 2. The molecule has 18 heteroatoms. The van der Waals surface area contributed by atoms with Gasteiger partial charge in [0.05, 0.1) is 23.9 Å². The van der Waals surface area contributed by atoms with Crippen molar-refractivity contribution in [2.45, 2.75) is 66.0 Å². The van der Waals surface area contributed by atoms with Crippen LogP contribution in [0.2, 0.25) is 10.0 Å². The fourth-order valence-electron chi connectivity index (χ4n) is 8.57. The van der Waals surface area contributed by atoms with Gasteiger partial charge < -0.3 is 15.0 Å². The van der Waals surface area contributed by atoms with Crippen molar-refractivity contribution < 1.29 is 35.1 Å². The number of carbonyl (C=O) groups is 1. The van der Waals surface area contributed by atoms with Crippen LogP contribution in [0.5, 0.6) is 0 Å². The third-order valence-corrected chi connectivity index (χ3v) is 17.1. The lowest BCUT2D eigenvalue weighted by molar-refractivity contribution is 0.0370. The number of alkyl halides is 2. The van der Waals surface area contributed by atoms with E-state index in [4.69, 9.17) is 27.9 Å². The summed E-state index contributed by atoms with van der Waals surface area (Å²) >= 11 is 14.3. The van der Waals surface area contributed by atoms with Crippen LogP contribution in [0, 0.1) is 5.41 Å². The van der Waals surface area contributed by atoms with E-state index in [0.717, 1.165) is 86.7 Å². The number of allylic oxidation sites excluding steroid dienone is 1. The zero-order valence-corrected chi connectivity index (χ0v) is 40.4. The van der Waals surface area contributed by atoms with Gasteiger partial charge >= 0.3 is 5.76 Å². The highest BCUT2D eigenvalue weighted by Gasteiger charge is 2.38. The third kappa shape index (κ3) is 12.6. The number of hydrogen-bond donors (Lipinski definition) is 2.